The molecular formula is C12H18N2O3. The van der Waals surface area contributed by atoms with Gasteiger partial charge in [-0.15, -0.1) is 0 Å². The normalized spacial score (nSPS) is 11.2. The standard InChI is InChI=1S/C12H18N2O3/c1-12(2,3)7-8-17-10-6-4-5-9(13)11(10)14(15)16/h4-6H,7-8,13H2,1-3H3. The lowest BCUT2D eigenvalue weighted by molar-refractivity contribution is -0.384. The van der Waals surface area contributed by atoms with Crippen molar-refractivity contribution in [3.05, 3.63) is 28.3 Å². The average molecular weight is 238 g/mol. The first-order valence-electron chi connectivity index (χ1n) is 5.47. The van der Waals surface area contributed by atoms with E-state index in [-0.39, 0.29) is 22.5 Å². The molecule has 1 rings (SSSR count). The topological polar surface area (TPSA) is 78.4 Å². The molecule has 0 fully saturated rings. The lowest BCUT2D eigenvalue weighted by Gasteiger charge is -2.18. The summed E-state index contributed by atoms with van der Waals surface area (Å²) >= 11 is 0. The van der Waals surface area contributed by atoms with Crippen molar-refractivity contribution in [2.45, 2.75) is 27.2 Å². The molecule has 0 bridgehead atoms. The number of para-hydroxylation sites is 1. The molecule has 0 amide bonds. The van der Waals surface area contributed by atoms with E-state index in [0.29, 0.717) is 6.61 Å². The zero-order valence-corrected chi connectivity index (χ0v) is 10.4. The first kappa shape index (κ1) is 13.3. The van der Waals surface area contributed by atoms with Gasteiger partial charge in [0.1, 0.15) is 5.69 Å². The molecule has 1 aromatic rings. The molecule has 1 aromatic carbocycles. The van der Waals surface area contributed by atoms with Crippen LogP contribution in [-0.2, 0) is 0 Å². The van der Waals surface area contributed by atoms with Gasteiger partial charge < -0.3 is 10.5 Å². The lowest BCUT2D eigenvalue weighted by Crippen LogP contribution is -2.11. The SMILES string of the molecule is CC(C)(C)CCOc1cccc(N)c1[N+](=O)[O-]. The van der Waals surface area contributed by atoms with Gasteiger partial charge in [0.15, 0.2) is 5.75 Å². The summed E-state index contributed by atoms with van der Waals surface area (Å²) in [7, 11) is 0. The van der Waals surface area contributed by atoms with Crippen molar-refractivity contribution in [3.8, 4) is 5.75 Å². The molecule has 0 aliphatic carbocycles. The van der Waals surface area contributed by atoms with Crippen molar-refractivity contribution in [3.63, 3.8) is 0 Å². The highest BCUT2D eigenvalue weighted by atomic mass is 16.6. The van der Waals surface area contributed by atoms with Gasteiger partial charge in [-0.2, -0.15) is 0 Å². The Labute approximate surface area is 101 Å². The Bertz CT molecular complexity index is 411. The third-order valence-electron chi connectivity index (χ3n) is 2.32. The molecule has 5 heteroatoms. The van der Waals surface area contributed by atoms with Gasteiger partial charge in [-0.25, -0.2) is 0 Å². The summed E-state index contributed by atoms with van der Waals surface area (Å²) in [5.74, 6) is 0.235. The third-order valence-corrected chi connectivity index (χ3v) is 2.32. The number of anilines is 1. The molecule has 0 atom stereocenters. The van der Waals surface area contributed by atoms with Crippen LogP contribution in [0.5, 0.6) is 5.75 Å². The summed E-state index contributed by atoms with van der Waals surface area (Å²) in [6.45, 7) is 6.70. The van der Waals surface area contributed by atoms with E-state index in [1.807, 2.05) is 0 Å². The number of hydrogen-bond acceptors (Lipinski definition) is 4. The quantitative estimate of drug-likeness (QED) is 0.497. The maximum absolute atomic E-state index is 10.8. The maximum atomic E-state index is 10.8. The number of nitro benzene ring substituents is 1. The van der Waals surface area contributed by atoms with E-state index >= 15 is 0 Å². The van der Waals surface area contributed by atoms with Crippen molar-refractivity contribution >= 4 is 11.4 Å². The van der Waals surface area contributed by atoms with Gasteiger partial charge in [0, 0.05) is 0 Å². The van der Waals surface area contributed by atoms with Crippen LogP contribution in [0.25, 0.3) is 0 Å². The second kappa shape index (κ2) is 5.03. The third kappa shape index (κ3) is 3.94. The van der Waals surface area contributed by atoms with Gasteiger partial charge in [0.25, 0.3) is 0 Å². The Morgan fingerprint density at radius 2 is 2.06 bits per heavy atom. The molecule has 0 aliphatic rings. The highest BCUT2D eigenvalue weighted by Gasteiger charge is 2.19. The molecule has 94 valence electrons. The van der Waals surface area contributed by atoms with Gasteiger partial charge in [0.2, 0.25) is 0 Å². The van der Waals surface area contributed by atoms with Crippen LogP contribution in [0, 0.1) is 15.5 Å². The first-order chi connectivity index (χ1) is 7.81. The zero-order chi connectivity index (χ0) is 13.1. The zero-order valence-electron chi connectivity index (χ0n) is 10.4. The number of nitrogens with two attached hydrogens (primary N) is 1. The number of nitrogen functional groups attached to an aromatic ring is 1. The van der Waals surface area contributed by atoms with Crippen molar-refractivity contribution in [2.75, 3.05) is 12.3 Å². The predicted octanol–water partition coefficient (Wildman–Crippen LogP) is 2.99. The second-order valence-electron chi connectivity index (χ2n) is 5.11. The van der Waals surface area contributed by atoms with E-state index in [2.05, 4.69) is 20.8 Å². The van der Waals surface area contributed by atoms with Crippen LogP contribution >= 0.6 is 0 Å². The molecule has 0 spiro atoms. The van der Waals surface area contributed by atoms with Crippen LogP contribution in [0.1, 0.15) is 27.2 Å². The lowest BCUT2D eigenvalue weighted by atomic mass is 9.93. The number of benzene rings is 1. The predicted molar refractivity (Wildman–Crippen MR) is 67.1 cm³/mol. The van der Waals surface area contributed by atoms with E-state index in [1.165, 1.54) is 6.07 Å². The molecular weight excluding hydrogens is 220 g/mol. The van der Waals surface area contributed by atoms with Crippen molar-refractivity contribution in [2.24, 2.45) is 5.41 Å². The van der Waals surface area contributed by atoms with Crippen LogP contribution in [0.3, 0.4) is 0 Å². The van der Waals surface area contributed by atoms with Crippen LogP contribution in [0.15, 0.2) is 18.2 Å². The molecule has 0 aromatic heterocycles. The van der Waals surface area contributed by atoms with Gasteiger partial charge in [0.05, 0.1) is 11.5 Å². The van der Waals surface area contributed by atoms with E-state index in [1.54, 1.807) is 12.1 Å². The molecule has 0 saturated heterocycles. The highest BCUT2D eigenvalue weighted by molar-refractivity contribution is 5.65. The van der Waals surface area contributed by atoms with Gasteiger partial charge in [-0.3, -0.25) is 10.1 Å². The monoisotopic (exact) mass is 238 g/mol. The van der Waals surface area contributed by atoms with Gasteiger partial charge in [-0.05, 0) is 24.0 Å². The van der Waals surface area contributed by atoms with Crippen LogP contribution in [-0.4, -0.2) is 11.5 Å². The minimum absolute atomic E-state index is 0.128. The Morgan fingerprint density at radius 3 is 2.59 bits per heavy atom. The van der Waals surface area contributed by atoms with Crippen molar-refractivity contribution in [1.82, 2.24) is 0 Å². The second-order valence-corrected chi connectivity index (χ2v) is 5.11. The molecule has 0 saturated carbocycles. The number of nitrogens with zero attached hydrogens (tertiary/aromatic N) is 1. The molecule has 0 heterocycles. The maximum Gasteiger partial charge on any atom is 0.333 e. The largest absolute Gasteiger partial charge is 0.487 e. The Kier molecular flexibility index (Phi) is 3.93. The first-order valence-corrected chi connectivity index (χ1v) is 5.47. The smallest absolute Gasteiger partial charge is 0.333 e. The van der Waals surface area contributed by atoms with E-state index < -0.39 is 4.92 Å². The molecule has 0 radical (unpaired) electrons. The molecule has 0 aliphatic heterocycles. The van der Waals surface area contributed by atoms with Crippen molar-refractivity contribution in [1.29, 1.82) is 0 Å². The summed E-state index contributed by atoms with van der Waals surface area (Å²) in [6, 6.07) is 4.71. The Morgan fingerprint density at radius 1 is 1.41 bits per heavy atom. The highest BCUT2D eigenvalue weighted by Crippen LogP contribution is 2.33. The van der Waals surface area contributed by atoms with Crippen LogP contribution in [0.2, 0.25) is 0 Å². The summed E-state index contributed by atoms with van der Waals surface area (Å²) in [5.41, 5.74) is 5.67. The fraction of sp³-hybridized carbons (Fsp3) is 0.500. The number of rotatable bonds is 4. The fourth-order valence-corrected chi connectivity index (χ4v) is 1.32. The van der Waals surface area contributed by atoms with E-state index in [9.17, 15) is 10.1 Å². The number of ether oxygens (including phenoxy) is 1. The van der Waals surface area contributed by atoms with E-state index in [0.717, 1.165) is 6.42 Å². The average Bonchev–Trinajstić information content (AvgIpc) is 2.14. The molecule has 17 heavy (non-hydrogen) atoms. The fourth-order valence-electron chi connectivity index (χ4n) is 1.32. The van der Waals surface area contributed by atoms with Crippen LogP contribution < -0.4 is 10.5 Å². The van der Waals surface area contributed by atoms with E-state index in [4.69, 9.17) is 10.5 Å². The molecule has 5 nitrogen and oxygen atoms in total. The number of hydrogen-bond donors (Lipinski definition) is 1. The minimum atomic E-state index is -0.512. The molecule has 0 unspecified atom stereocenters. The Hall–Kier alpha value is -1.78. The van der Waals surface area contributed by atoms with Crippen molar-refractivity contribution < 1.29 is 9.66 Å². The summed E-state index contributed by atoms with van der Waals surface area (Å²) in [5, 5.41) is 10.8. The Balaban J connectivity index is 2.78. The minimum Gasteiger partial charge on any atom is -0.487 e. The summed E-state index contributed by atoms with van der Waals surface area (Å²) in [4.78, 5) is 10.3. The summed E-state index contributed by atoms with van der Waals surface area (Å²) in [6.07, 6.45) is 0.818. The number of nitro groups is 1. The summed E-state index contributed by atoms with van der Waals surface area (Å²) < 4.78 is 5.43. The van der Waals surface area contributed by atoms with Crippen LogP contribution in [0.4, 0.5) is 11.4 Å². The van der Waals surface area contributed by atoms with Gasteiger partial charge in [-0.1, -0.05) is 26.8 Å². The van der Waals surface area contributed by atoms with Gasteiger partial charge >= 0.3 is 5.69 Å². The molecule has 2 N–H and O–H groups in total.